The van der Waals surface area contributed by atoms with E-state index in [9.17, 15) is 9.59 Å². The van der Waals surface area contributed by atoms with Crippen LogP contribution in [0.15, 0.2) is 24.3 Å². The van der Waals surface area contributed by atoms with Gasteiger partial charge in [0.1, 0.15) is 6.10 Å². The molecule has 0 heterocycles. The number of carboxylic acid groups (broad SMARTS) is 1. The van der Waals surface area contributed by atoms with Gasteiger partial charge in [-0.25, -0.2) is 4.79 Å². The lowest BCUT2D eigenvalue weighted by molar-refractivity contribution is -0.150. The van der Waals surface area contributed by atoms with E-state index in [1.807, 2.05) is 0 Å². The molecule has 4 heteroatoms. The van der Waals surface area contributed by atoms with E-state index >= 15 is 0 Å². The van der Waals surface area contributed by atoms with Crippen molar-refractivity contribution in [3.05, 3.63) is 24.3 Å². The average Bonchev–Trinajstić information content (AvgIpc) is 2.36. The second-order valence-corrected chi connectivity index (χ2v) is 6.81. The van der Waals surface area contributed by atoms with Crippen LogP contribution in [0.5, 0.6) is 0 Å². The summed E-state index contributed by atoms with van der Waals surface area (Å²) >= 11 is 0. The van der Waals surface area contributed by atoms with Crippen LogP contribution in [0.25, 0.3) is 0 Å². The van der Waals surface area contributed by atoms with E-state index in [4.69, 9.17) is 9.84 Å². The van der Waals surface area contributed by atoms with Crippen molar-refractivity contribution in [2.24, 2.45) is 17.3 Å². The van der Waals surface area contributed by atoms with E-state index in [-0.39, 0.29) is 23.4 Å². The summed E-state index contributed by atoms with van der Waals surface area (Å²) in [5.74, 6) is -0.827. The number of hydrogen-bond acceptors (Lipinski definition) is 3. The summed E-state index contributed by atoms with van der Waals surface area (Å²) in [5, 5.41) is 9.12. The number of aliphatic carboxylic acids is 1. The second kappa shape index (κ2) is 5.66. The molecule has 0 bridgehead atoms. The Morgan fingerprint density at radius 3 is 2.67 bits per heavy atom. The van der Waals surface area contributed by atoms with Gasteiger partial charge in [0.2, 0.25) is 0 Å². The molecule has 0 spiro atoms. The van der Waals surface area contributed by atoms with Crippen molar-refractivity contribution in [3.63, 3.8) is 0 Å². The zero-order chi connectivity index (χ0) is 15.8. The highest BCUT2D eigenvalue weighted by atomic mass is 16.5. The predicted octanol–water partition coefficient (Wildman–Crippen LogP) is 3.33. The summed E-state index contributed by atoms with van der Waals surface area (Å²) in [6, 6.07) is 0. The van der Waals surface area contributed by atoms with E-state index in [1.165, 1.54) is 6.92 Å². The van der Waals surface area contributed by atoms with Crippen molar-refractivity contribution in [1.29, 1.82) is 0 Å². The number of carboxylic acids is 1. The van der Waals surface area contributed by atoms with Crippen LogP contribution >= 0.6 is 0 Å². The zero-order valence-electron chi connectivity index (χ0n) is 12.9. The summed E-state index contributed by atoms with van der Waals surface area (Å²) < 4.78 is 5.38. The van der Waals surface area contributed by atoms with Crippen molar-refractivity contribution in [2.75, 3.05) is 0 Å². The first-order valence-corrected chi connectivity index (χ1v) is 7.50. The Bertz CT molecular complexity index is 493. The summed E-state index contributed by atoms with van der Waals surface area (Å²) in [6.07, 6.45) is 3.99. The third-order valence-corrected chi connectivity index (χ3v) is 5.20. The quantitative estimate of drug-likeness (QED) is 0.492. The summed E-state index contributed by atoms with van der Waals surface area (Å²) in [6.45, 7) is 11.5. The van der Waals surface area contributed by atoms with Gasteiger partial charge in [-0.2, -0.15) is 0 Å². The predicted molar refractivity (Wildman–Crippen MR) is 79.6 cm³/mol. The van der Waals surface area contributed by atoms with Crippen LogP contribution in [-0.2, 0) is 14.3 Å². The Kier molecular flexibility index (Phi) is 4.26. The van der Waals surface area contributed by atoms with Crippen LogP contribution in [0.3, 0.4) is 0 Å². The summed E-state index contributed by atoms with van der Waals surface area (Å²) in [5.41, 5.74) is 1.44. The maximum atomic E-state index is 11.2. The number of carbonyl (C=O) groups is 2. The third-order valence-electron chi connectivity index (χ3n) is 5.20. The number of carbonyl (C=O) groups excluding carboxylic acids is 1. The van der Waals surface area contributed by atoms with Crippen LogP contribution in [0.2, 0.25) is 0 Å². The molecule has 2 rings (SSSR count). The van der Waals surface area contributed by atoms with Crippen LogP contribution in [-0.4, -0.2) is 23.1 Å². The van der Waals surface area contributed by atoms with Gasteiger partial charge in [-0.15, -0.1) is 0 Å². The number of esters is 1. The van der Waals surface area contributed by atoms with Crippen LogP contribution in [0.4, 0.5) is 0 Å². The van der Waals surface area contributed by atoms with Crippen molar-refractivity contribution in [3.8, 4) is 0 Å². The average molecular weight is 292 g/mol. The summed E-state index contributed by atoms with van der Waals surface area (Å²) in [7, 11) is 0. The van der Waals surface area contributed by atoms with Crippen molar-refractivity contribution < 1.29 is 19.4 Å². The minimum atomic E-state index is -0.900. The van der Waals surface area contributed by atoms with E-state index in [2.05, 4.69) is 20.1 Å². The maximum Gasteiger partial charge on any atom is 0.331 e. The lowest BCUT2D eigenvalue weighted by atomic mass is 9.55. The number of fused-ring (bicyclic) bond motifs is 1. The van der Waals surface area contributed by atoms with E-state index in [0.717, 1.165) is 31.3 Å². The first-order chi connectivity index (χ1) is 9.73. The lowest BCUT2D eigenvalue weighted by Crippen LogP contribution is -2.44. The molecule has 2 saturated carbocycles. The largest absolute Gasteiger partial charge is 0.478 e. The molecule has 4 atom stereocenters. The topological polar surface area (TPSA) is 63.6 Å². The summed E-state index contributed by atoms with van der Waals surface area (Å²) in [4.78, 5) is 22.3. The van der Waals surface area contributed by atoms with Crippen molar-refractivity contribution in [1.82, 2.24) is 0 Å². The van der Waals surface area contributed by atoms with E-state index in [0.29, 0.717) is 17.9 Å². The molecule has 2 aliphatic rings. The molecule has 2 fully saturated rings. The minimum Gasteiger partial charge on any atom is -0.478 e. The molecular formula is C17H24O4. The first kappa shape index (κ1) is 15.8. The van der Waals surface area contributed by atoms with Gasteiger partial charge >= 0.3 is 11.9 Å². The number of ether oxygens (including phenoxy) is 1. The van der Waals surface area contributed by atoms with Gasteiger partial charge in [0.25, 0.3) is 0 Å². The molecular weight excluding hydrogens is 268 g/mol. The number of rotatable bonds is 3. The molecule has 1 N–H and O–H groups in total. The molecule has 0 radical (unpaired) electrons. The van der Waals surface area contributed by atoms with Crippen molar-refractivity contribution >= 4 is 11.9 Å². The van der Waals surface area contributed by atoms with Gasteiger partial charge in [-0.1, -0.05) is 25.7 Å². The fraction of sp³-hybridized carbons (Fsp3) is 0.647. The van der Waals surface area contributed by atoms with E-state index < -0.39 is 5.97 Å². The van der Waals surface area contributed by atoms with Gasteiger partial charge in [-0.3, -0.25) is 4.79 Å². The normalized spacial score (nSPS) is 35.7. The fourth-order valence-electron chi connectivity index (χ4n) is 4.10. The van der Waals surface area contributed by atoms with Crippen LogP contribution < -0.4 is 0 Å². The Labute approximate surface area is 125 Å². The molecule has 4 nitrogen and oxygen atoms in total. The first-order valence-electron chi connectivity index (χ1n) is 7.50. The van der Waals surface area contributed by atoms with Crippen molar-refractivity contribution in [2.45, 2.75) is 52.1 Å². The molecule has 0 amide bonds. The molecule has 2 aliphatic carbocycles. The van der Waals surface area contributed by atoms with Gasteiger partial charge in [0.05, 0.1) is 0 Å². The van der Waals surface area contributed by atoms with Crippen LogP contribution in [0.1, 0.15) is 46.0 Å². The molecule has 0 saturated heterocycles. The highest BCUT2D eigenvalue weighted by Gasteiger charge is 2.47. The Balaban J connectivity index is 2.12. The highest BCUT2D eigenvalue weighted by Crippen LogP contribution is 2.54. The standard InChI is InChI=1S/C17H24O4/c1-10-7-14(21-12(3)18)9-17(4)6-5-13(8-15(10)17)11(2)16(19)20/h13-15H,1-2,5-9H2,3-4H3,(H,19,20)/t13-,14+,15+,17+/m1/s1. The Hall–Kier alpha value is -1.58. The lowest BCUT2D eigenvalue weighted by Gasteiger charge is -2.50. The zero-order valence-corrected chi connectivity index (χ0v) is 12.9. The SMILES string of the molecule is C=C(C(=O)O)[C@@H]1CC[C@@]2(C)C[C@@H](OC(C)=O)CC(=C)[C@@H]2C1. The maximum absolute atomic E-state index is 11.2. The van der Waals surface area contributed by atoms with Gasteiger partial charge in [0.15, 0.2) is 0 Å². The third kappa shape index (κ3) is 3.20. The molecule has 0 aromatic carbocycles. The van der Waals surface area contributed by atoms with E-state index in [1.54, 1.807) is 0 Å². The van der Waals surface area contributed by atoms with Gasteiger partial charge < -0.3 is 9.84 Å². The molecule has 0 aromatic rings. The van der Waals surface area contributed by atoms with Gasteiger partial charge in [-0.05, 0) is 42.9 Å². The second-order valence-electron chi connectivity index (χ2n) is 6.81. The molecule has 0 aromatic heterocycles. The monoisotopic (exact) mass is 292 g/mol. The minimum absolute atomic E-state index is 0.0302. The van der Waals surface area contributed by atoms with Crippen LogP contribution in [0, 0.1) is 17.3 Å². The molecule has 0 aliphatic heterocycles. The fourth-order valence-corrected chi connectivity index (χ4v) is 4.10. The molecule has 21 heavy (non-hydrogen) atoms. The Morgan fingerprint density at radius 2 is 2.10 bits per heavy atom. The molecule has 116 valence electrons. The molecule has 0 unspecified atom stereocenters. The smallest absolute Gasteiger partial charge is 0.331 e. The van der Waals surface area contributed by atoms with Gasteiger partial charge in [0, 0.05) is 18.9 Å². The highest BCUT2D eigenvalue weighted by molar-refractivity contribution is 5.86. The Morgan fingerprint density at radius 1 is 1.43 bits per heavy atom. The number of hydrogen-bond donors (Lipinski definition) is 1.